The fourth-order valence-electron chi connectivity index (χ4n) is 4.28. The van der Waals surface area contributed by atoms with E-state index in [9.17, 15) is 5.11 Å². The van der Waals surface area contributed by atoms with Gasteiger partial charge in [-0.2, -0.15) is 0 Å². The first-order valence-corrected chi connectivity index (χ1v) is 10.3. The zero-order chi connectivity index (χ0) is 20.3. The van der Waals surface area contributed by atoms with E-state index in [0.717, 1.165) is 55.2 Å². The second kappa shape index (κ2) is 8.39. The van der Waals surface area contributed by atoms with Crippen molar-refractivity contribution in [2.45, 2.75) is 38.5 Å². The van der Waals surface area contributed by atoms with Crippen LogP contribution in [0.2, 0.25) is 0 Å². The van der Waals surface area contributed by atoms with Gasteiger partial charge in [0.25, 0.3) is 0 Å². The number of rotatable bonds is 7. The topological polar surface area (TPSA) is 50.5 Å². The van der Waals surface area contributed by atoms with Crippen LogP contribution in [-0.2, 0) is 25.1 Å². The second-order valence-electron chi connectivity index (χ2n) is 7.83. The van der Waals surface area contributed by atoms with E-state index < -0.39 is 5.60 Å². The van der Waals surface area contributed by atoms with Crippen molar-refractivity contribution in [1.82, 2.24) is 14.5 Å². The van der Waals surface area contributed by atoms with Gasteiger partial charge in [0.2, 0.25) is 0 Å². The Morgan fingerprint density at radius 3 is 2.72 bits per heavy atom. The number of nitrogens with zero attached hydrogens (tertiary/aromatic N) is 3. The Hall–Kier alpha value is -2.63. The third kappa shape index (κ3) is 4.21. The Morgan fingerprint density at radius 1 is 1.14 bits per heavy atom. The van der Waals surface area contributed by atoms with E-state index in [0.29, 0.717) is 6.54 Å². The van der Waals surface area contributed by atoms with Crippen molar-refractivity contribution in [2.75, 3.05) is 20.2 Å². The molecule has 0 radical (unpaired) electrons. The number of ether oxygens (including phenoxy) is 1. The van der Waals surface area contributed by atoms with Crippen LogP contribution < -0.4 is 4.74 Å². The predicted octanol–water partition coefficient (Wildman–Crippen LogP) is 3.60. The molecule has 3 aromatic rings. The van der Waals surface area contributed by atoms with Crippen molar-refractivity contribution < 1.29 is 9.84 Å². The normalized spacial score (nSPS) is 19.6. The van der Waals surface area contributed by atoms with Crippen molar-refractivity contribution >= 4 is 0 Å². The van der Waals surface area contributed by atoms with Gasteiger partial charge >= 0.3 is 0 Å². The fourth-order valence-corrected chi connectivity index (χ4v) is 4.28. The van der Waals surface area contributed by atoms with Crippen LogP contribution in [0.5, 0.6) is 5.75 Å². The third-order valence-electron chi connectivity index (χ3n) is 5.85. The Kier molecular flexibility index (Phi) is 5.69. The van der Waals surface area contributed by atoms with Crippen molar-refractivity contribution in [3.05, 3.63) is 83.4 Å². The first-order valence-electron chi connectivity index (χ1n) is 10.3. The molecule has 0 aliphatic carbocycles. The van der Waals surface area contributed by atoms with Crippen LogP contribution in [-0.4, -0.2) is 39.8 Å². The molecule has 1 atom stereocenters. The van der Waals surface area contributed by atoms with Gasteiger partial charge in [0.15, 0.2) is 0 Å². The summed E-state index contributed by atoms with van der Waals surface area (Å²) in [4.78, 5) is 6.75. The maximum atomic E-state index is 11.1. The van der Waals surface area contributed by atoms with E-state index in [-0.39, 0.29) is 0 Å². The highest BCUT2D eigenvalue weighted by Crippen LogP contribution is 2.33. The number of aromatic nitrogens is 2. The summed E-state index contributed by atoms with van der Waals surface area (Å²) in [5.41, 5.74) is 2.63. The number of imidazole rings is 1. The van der Waals surface area contributed by atoms with E-state index in [4.69, 9.17) is 4.74 Å². The van der Waals surface area contributed by atoms with Gasteiger partial charge < -0.3 is 14.4 Å². The largest absolute Gasteiger partial charge is 0.496 e. The van der Waals surface area contributed by atoms with E-state index in [1.807, 2.05) is 48.8 Å². The highest BCUT2D eigenvalue weighted by atomic mass is 16.5. The first kappa shape index (κ1) is 19.7. The number of β-amino-alcohol motifs (C(OH)–C–C–N with tert-alkyl or cyclic N) is 1. The van der Waals surface area contributed by atoms with Crippen LogP contribution in [0.3, 0.4) is 0 Å². The molecule has 2 aromatic carbocycles. The van der Waals surface area contributed by atoms with Gasteiger partial charge in [0.1, 0.15) is 17.2 Å². The van der Waals surface area contributed by atoms with Gasteiger partial charge in [-0.25, -0.2) is 4.98 Å². The second-order valence-corrected chi connectivity index (χ2v) is 7.83. The maximum absolute atomic E-state index is 11.1. The van der Waals surface area contributed by atoms with Crippen LogP contribution >= 0.6 is 0 Å². The summed E-state index contributed by atoms with van der Waals surface area (Å²) >= 11 is 0. The minimum absolute atomic E-state index is 0.653. The van der Waals surface area contributed by atoms with Gasteiger partial charge in [0, 0.05) is 44.0 Å². The zero-order valence-corrected chi connectivity index (χ0v) is 17.2. The standard InChI is InChI=1S/C24H29N3O2/c1-3-23-25-12-14-27(23)17-20-15-19(9-10-22(20)29-2)16-26-13-11-24(28,18-26)21-7-5-4-6-8-21/h4-10,12,14-15,28H,3,11,13,16-18H2,1-2H3/t24-/m0/s1. The lowest BCUT2D eigenvalue weighted by Gasteiger charge is -2.24. The molecule has 152 valence electrons. The molecular formula is C24H29N3O2. The van der Waals surface area contributed by atoms with E-state index in [1.165, 1.54) is 5.56 Å². The Bertz CT molecular complexity index is 954. The lowest BCUT2D eigenvalue weighted by molar-refractivity contribution is 0.0453. The van der Waals surface area contributed by atoms with Gasteiger partial charge in [-0.05, 0) is 29.7 Å². The van der Waals surface area contributed by atoms with Crippen molar-refractivity contribution in [3.63, 3.8) is 0 Å². The van der Waals surface area contributed by atoms with E-state index in [1.54, 1.807) is 7.11 Å². The maximum Gasteiger partial charge on any atom is 0.123 e. The van der Waals surface area contributed by atoms with E-state index >= 15 is 0 Å². The number of aliphatic hydroxyl groups is 1. The molecular weight excluding hydrogens is 362 g/mol. The first-order chi connectivity index (χ1) is 14.1. The van der Waals surface area contributed by atoms with Crippen molar-refractivity contribution in [3.8, 4) is 5.75 Å². The third-order valence-corrected chi connectivity index (χ3v) is 5.85. The number of likely N-dealkylation sites (tertiary alicyclic amines) is 1. The molecule has 2 heterocycles. The fraction of sp³-hybridized carbons (Fsp3) is 0.375. The number of methoxy groups -OCH3 is 1. The summed E-state index contributed by atoms with van der Waals surface area (Å²) in [5, 5.41) is 11.1. The summed E-state index contributed by atoms with van der Waals surface area (Å²) in [7, 11) is 1.72. The molecule has 1 aliphatic rings. The van der Waals surface area contributed by atoms with Crippen LogP contribution in [0.25, 0.3) is 0 Å². The van der Waals surface area contributed by atoms with Crippen LogP contribution in [0.4, 0.5) is 0 Å². The van der Waals surface area contributed by atoms with Crippen LogP contribution in [0.15, 0.2) is 60.9 Å². The number of aryl methyl sites for hydroxylation is 1. The van der Waals surface area contributed by atoms with Gasteiger partial charge in [-0.15, -0.1) is 0 Å². The summed E-state index contributed by atoms with van der Waals surface area (Å²) in [6.45, 7) is 5.22. The highest BCUT2D eigenvalue weighted by Gasteiger charge is 2.37. The average molecular weight is 392 g/mol. The summed E-state index contributed by atoms with van der Waals surface area (Å²) in [6, 6.07) is 16.4. The lowest BCUT2D eigenvalue weighted by Crippen LogP contribution is -2.30. The molecule has 1 aromatic heterocycles. The molecule has 4 rings (SSSR count). The molecule has 1 N–H and O–H groups in total. The minimum Gasteiger partial charge on any atom is -0.496 e. The van der Waals surface area contributed by atoms with E-state index in [2.05, 4.69) is 33.5 Å². The van der Waals surface area contributed by atoms with Gasteiger partial charge in [0.05, 0.1) is 13.7 Å². The summed E-state index contributed by atoms with van der Waals surface area (Å²) in [6.07, 6.45) is 5.53. The molecule has 0 spiro atoms. The predicted molar refractivity (Wildman–Crippen MR) is 114 cm³/mol. The summed E-state index contributed by atoms with van der Waals surface area (Å²) < 4.78 is 7.77. The monoisotopic (exact) mass is 391 g/mol. The Morgan fingerprint density at radius 2 is 1.97 bits per heavy atom. The molecule has 1 fully saturated rings. The molecule has 0 bridgehead atoms. The molecule has 0 amide bonds. The Balaban J connectivity index is 1.50. The minimum atomic E-state index is -0.761. The van der Waals surface area contributed by atoms with Crippen LogP contribution in [0, 0.1) is 0 Å². The molecule has 1 aliphatic heterocycles. The van der Waals surface area contributed by atoms with Crippen molar-refractivity contribution in [2.24, 2.45) is 0 Å². The number of hydrogen-bond donors (Lipinski definition) is 1. The summed E-state index contributed by atoms with van der Waals surface area (Å²) in [5.74, 6) is 1.97. The van der Waals surface area contributed by atoms with Gasteiger partial charge in [-0.3, -0.25) is 4.90 Å². The highest BCUT2D eigenvalue weighted by molar-refractivity contribution is 5.38. The van der Waals surface area contributed by atoms with Crippen molar-refractivity contribution in [1.29, 1.82) is 0 Å². The molecule has 0 saturated carbocycles. The average Bonchev–Trinajstić information content (AvgIpc) is 3.36. The Labute approximate surface area is 172 Å². The molecule has 5 nitrogen and oxygen atoms in total. The number of benzene rings is 2. The molecule has 1 saturated heterocycles. The number of hydrogen-bond acceptors (Lipinski definition) is 4. The van der Waals surface area contributed by atoms with Crippen LogP contribution in [0.1, 0.15) is 35.9 Å². The van der Waals surface area contributed by atoms with Gasteiger partial charge in [-0.1, -0.05) is 43.3 Å². The molecule has 0 unspecified atom stereocenters. The lowest BCUT2D eigenvalue weighted by atomic mass is 9.93. The quantitative estimate of drug-likeness (QED) is 0.669. The molecule has 29 heavy (non-hydrogen) atoms. The SMILES string of the molecule is CCc1nccn1Cc1cc(CN2CC[C@@](O)(c3ccccc3)C2)ccc1OC. The smallest absolute Gasteiger partial charge is 0.123 e. The molecule has 5 heteroatoms. The zero-order valence-electron chi connectivity index (χ0n) is 17.2.